The van der Waals surface area contributed by atoms with Crippen LogP contribution >= 0.6 is 0 Å². The van der Waals surface area contributed by atoms with E-state index < -0.39 is 0 Å². The molecule has 0 aromatic heterocycles. The molecule has 14 heavy (non-hydrogen) atoms. The fourth-order valence-corrected chi connectivity index (χ4v) is 2.88. The Morgan fingerprint density at radius 1 is 1.07 bits per heavy atom. The first-order valence-electron chi connectivity index (χ1n) is 6.00. The molecule has 1 saturated carbocycles. The Balaban J connectivity index is 1.98. The van der Waals surface area contributed by atoms with Crippen molar-refractivity contribution in [2.75, 3.05) is 13.1 Å². The maximum Gasteiger partial charge on any atom is 0.0309 e. The Morgan fingerprint density at radius 3 is 2.29 bits per heavy atom. The lowest BCUT2D eigenvalue weighted by molar-refractivity contribution is 0.106. The van der Waals surface area contributed by atoms with E-state index in [1.165, 1.54) is 32.2 Å². The predicted octanol–water partition coefficient (Wildman–Crippen LogP) is 1.91. The molecule has 2 fully saturated rings. The van der Waals surface area contributed by atoms with Crippen LogP contribution in [0.15, 0.2) is 0 Å². The highest BCUT2D eigenvalue weighted by molar-refractivity contribution is 5.00. The maximum atomic E-state index is 3.81. The zero-order valence-corrected chi connectivity index (χ0v) is 9.82. The van der Waals surface area contributed by atoms with E-state index in [2.05, 4.69) is 31.4 Å². The summed E-state index contributed by atoms with van der Waals surface area (Å²) < 4.78 is 0. The van der Waals surface area contributed by atoms with Gasteiger partial charge in [-0.05, 0) is 38.0 Å². The topological polar surface area (TPSA) is 24.1 Å². The van der Waals surface area contributed by atoms with Gasteiger partial charge in [0.1, 0.15) is 0 Å². The lowest BCUT2D eigenvalue weighted by Crippen LogP contribution is -2.64. The van der Waals surface area contributed by atoms with Gasteiger partial charge in [-0.25, -0.2) is 0 Å². The quantitative estimate of drug-likeness (QED) is 0.618. The van der Waals surface area contributed by atoms with Crippen LogP contribution in [-0.2, 0) is 0 Å². The van der Waals surface area contributed by atoms with Gasteiger partial charge in [-0.1, -0.05) is 13.8 Å². The highest BCUT2D eigenvalue weighted by atomic mass is 15.1. The van der Waals surface area contributed by atoms with E-state index in [0.29, 0.717) is 17.0 Å². The summed E-state index contributed by atoms with van der Waals surface area (Å²) in [4.78, 5) is 0. The van der Waals surface area contributed by atoms with Crippen LogP contribution in [-0.4, -0.2) is 24.7 Å². The molecule has 2 N–H and O–H groups in total. The molecule has 1 unspecified atom stereocenters. The minimum absolute atomic E-state index is 0.424. The third-order valence-corrected chi connectivity index (χ3v) is 4.03. The second-order valence-corrected chi connectivity index (χ2v) is 6.12. The fraction of sp³-hybridized carbons (Fsp3) is 1.00. The van der Waals surface area contributed by atoms with Gasteiger partial charge in [-0.3, -0.25) is 0 Å². The summed E-state index contributed by atoms with van der Waals surface area (Å²) in [6, 6.07) is 0.643. The van der Waals surface area contributed by atoms with E-state index in [0.717, 1.165) is 6.54 Å². The standard InChI is InChI=1S/C12H24N2/c1-10-8-13-9-12(14-10)6-4-11(2,3)5-7-12/h10,13-14H,4-9H2,1-3H3. The maximum absolute atomic E-state index is 3.81. The molecule has 1 saturated heterocycles. The van der Waals surface area contributed by atoms with E-state index >= 15 is 0 Å². The molecule has 2 rings (SSSR count). The monoisotopic (exact) mass is 196 g/mol. The number of nitrogens with one attached hydrogen (secondary N) is 2. The molecule has 0 aromatic carbocycles. The smallest absolute Gasteiger partial charge is 0.0309 e. The molecule has 0 amide bonds. The van der Waals surface area contributed by atoms with E-state index in [1.54, 1.807) is 0 Å². The lowest BCUT2D eigenvalue weighted by atomic mass is 9.68. The van der Waals surface area contributed by atoms with Crippen LogP contribution in [0.1, 0.15) is 46.5 Å². The Morgan fingerprint density at radius 2 is 1.71 bits per heavy atom. The van der Waals surface area contributed by atoms with Crippen LogP contribution in [0.25, 0.3) is 0 Å². The Kier molecular flexibility index (Phi) is 2.61. The largest absolute Gasteiger partial charge is 0.313 e. The Hall–Kier alpha value is -0.0800. The highest BCUT2D eigenvalue weighted by Crippen LogP contribution is 2.40. The summed E-state index contributed by atoms with van der Waals surface area (Å²) in [6.07, 6.45) is 5.43. The first-order chi connectivity index (χ1) is 6.52. The summed E-state index contributed by atoms with van der Waals surface area (Å²) in [6.45, 7) is 9.39. The van der Waals surface area contributed by atoms with Crippen LogP contribution in [0.4, 0.5) is 0 Å². The highest BCUT2D eigenvalue weighted by Gasteiger charge is 2.40. The predicted molar refractivity (Wildman–Crippen MR) is 60.4 cm³/mol. The molecule has 1 spiro atoms. The summed E-state index contributed by atoms with van der Waals surface area (Å²) in [5.74, 6) is 0. The summed E-state index contributed by atoms with van der Waals surface area (Å²) in [5, 5.41) is 7.37. The van der Waals surface area contributed by atoms with Gasteiger partial charge in [-0.2, -0.15) is 0 Å². The zero-order valence-electron chi connectivity index (χ0n) is 9.82. The molecule has 1 aliphatic carbocycles. The van der Waals surface area contributed by atoms with Gasteiger partial charge >= 0.3 is 0 Å². The second-order valence-electron chi connectivity index (χ2n) is 6.12. The third-order valence-electron chi connectivity index (χ3n) is 4.03. The second kappa shape index (κ2) is 3.49. The van der Waals surface area contributed by atoms with Gasteiger partial charge in [0.15, 0.2) is 0 Å². The Bertz CT molecular complexity index is 200. The van der Waals surface area contributed by atoms with E-state index in [9.17, 15) is 0 Å². The average molecular weight is 196 g/mol. The van der Waals surface area contributed by atoms with Crippen LogP contribution < -0.4 is 10.6 Å². The van der Waals surface area contributed by atoms with Gasteiger partial charge in [0, 0.05) is 24.7 Å². The molecule has 2 aliphatic rings. The van der Waals surface area contributed by atoms with E-state index in [1.807, 2.05) is 0 Å². The molecule has 1 heterocycles. The molecule has 2 heteroatoms. The van der Waals surface area contributed by atoms with Crippen LogP contribution in [0.3, 0.4) is 0 Å². The van der Waals surface area contributed by atoms with Crippen LogP contribution in [0, 0.1) is 5.41 Å². The van der Waals surface area contributed by atoms with Crippen LogP contribution in [0.5, 0.6) is 0 Å². The van der Waals surface area contributed by atoms with Crippen molar-refractivity contribution in [2.24, 2.45) is 5.41 Å². The van der Waals surface area contributed by atoms with Crippen molar-refractivity contribution in [1.29, 1.82) is 0 Å². The molecule has 1 atom stereocenters. The van der Waals surface area contributed by atoms with Crippen molar-refractivity contribution in [3.63, 3.8) is 0 Å². The number of hydrogen-bond donors (Lipinski definition) is 2. The number of hydrogen-bond acceptors (Lipinski definition) is 2. The van der Waals surface area contributed by atoms with Crippen molar-refractivity contribution < 1.29 is 0 Å². The molecule has 0 bridgehead atoms. The molecule has 1 aliphatic heterocycles. The summed E-state index contributed by atoms with van der Waals surface area (Å²) in [7, 11) is 0. The molecule has 2 nitrogen and oxygen atoms in total. The molecular formula is C12H24N2. The summed E-state index contributed by atoms with van der Waals surface area (Å²) in [5.41, 5.74) is 1.00. The molecule has 0 aromatic rings. The van der Waals surface area contributed by atoms with Crippen molar-refractivity contribution in [3.8, 4) is 0 Å². The normalized spacial score (nSPS) is 35.8. The van der Waals surface area contributed by atoms with Gasteiger partial charge in [0.05, 0.1) is 0 Å². The van der Waals surface area contributed by atoms with Gasteiger partial charge < -0.3 is 10.6 Å². The van der Waals surface area contributed by atoms with Crippen molar-refractivity contribution in [2.45, 2.75) is 58.0 Å². The van der Waals surface area contributed by atoms with E-state index in [4.69, 9.17) is 0 Å². The van der Waals surface area contributed by atoms with Crippen molar-refractivity contribution >= 4 is 0 Å². The van der Waals surface area contributed by atoms with Gasteiger partial charge in [0.25, 0.3) is 0 Å². The number of piperazine rings is 1. The minimum Gasteiger partial charge on any atom is -0.313 e. The van der Waals surface area contributed by atoms with Crippen LogP contribution in [0.2, 0.25) is 0 Å². The van der Waals surface area contributed by atoms with Gasteiger partial charge in [-0.15, -0.1) is 0 Å². The molecular weight excluding hydrogens is 172 g/mol. The zero-order chi connectivity index (χ0) is 10.2. The molecule has 82 valence electrons. The average Bonchev–Trinajstić information content (AvgIpc) is 2.12. The first kappa shape index (κ1) is 10.4. The van der Waals surface area contributed by atoms with E-state index in [-0.39, 0.29) is 0 Å². The summed E-state index contributed by atoms with van der Waals surface area (Å²) >= 11 is 0. The SMILES string of the molecule is CC1CNCC2(CCC(C)(C)CC2)N1. The molecule has 0 radical (unpaired) electrons. The van der Waals surface area contributed by atoms with Gasteiger partial charge in [0.2, 0.25) is 0 Å². The van der Waals surface area contributed by atoms with Crippen molar-refractivity contribution in [3.05, 3.63) is 0 Å². The lowest BCUT2D eigenvalue weighted by Gasteiger charge is -2.48. The minimum atomic E-state index is 0.424. The first-order valence-corrected chi connectivity index (χ1v) is 6.00. The fourth-order valence-electron chi connectivity index (χ4n) is 2.88. The number of rotatable bonds is 0. The Labute approximate surface area is 87.8 Å². The third kappa shape index (κ3) is 2.12. The van der Waals surface area contributed by atoms with Crippen molar-refractivity contribution in [1.82, 2.24) is 10.6 Å².